The minimum absolute atomic E-state index is 0.00396. The topological polar surface area (TPSA) is 117 Å². The molecule has 2 aromatic rings. The number of benzene rings is 2. The van der Waals surface area contributed by atoms with Crippen LogP contribution in [0.2, 0.25) is 5.02 Å². The highest BCUT2D eigenvalue weighted by Gasteiger charge is 2.52. The van der Waals surface area contributed by atoms with E-state index in [-0.39, 0.29) is 46.2 Å². The van der Waals surface area contributed by atoms with E-state index >= 15 is 0 Å². The Hall–Kier alpha value is -3.45. The zero-order chi connectivity index (χ0) is 29.9. The van der Waals surface area contributed by atoms with Crippen molar-refractivity contribution in [3.63, 3.8) is 0 Å². The molecule has 0 saturated heterocycles. The second-order valence-corrected chi connectivity index (χ2v) is 10.3. The molecule has 218 valence electrons. The summed E-state index contributed by atoms with van der Waals surface area (Å²) in [4.78, 5) is 37.8. The number of carbonyl (C=O) groups is 3. The molecule has 0 bridgehead atoms. The first-order valence-corrected chi connectivity index (χ1v) is 12.4. The maximum atomic E-state index is 13.1. The first-order valence-electron chi connectivity index (χ1n) is 12.0. The molecule has 3 rings (SSSR count). The zero-order valence-electron chi connectivity index (χ0n) is 21.4. The van der Waals surface area contributed by atoms with Crippen molar-refractivity contribution in [2.75, 3.05) is 18.5 Å². The number of nitrogens with one attached hydrogen (secondary N) is 3. The van der Waals surface area contributed by atoms with Gasteiger partial charge in [0.05, 0.1) is 21.8 Å². The van der Waals surface area contributed by atoms with Crippen LogP contribution in [0.3, 0.4) is 0 Å². The van der Waals surface area contributed by atoms with E-state index in [1.807, 2.05) is 0 Å². The summed E-state index contributed by atoms with van der Waals surface area (Å²) >= 11 is 6.14. The van der Waals surface area contributed by atoms with Crippen molar-refractivity contribution in [2.24, 2.45) is 5.41 Å². The van der Waals surface area contributed by atoms with Gasteiger partial charge in [-0.15, -0.1) is 0 Å². The van der Waals surface area contributed by atoms with Crippen molar-refractivity contribution in [2.45, 2.75) is 51.4 Å². The van der Waals surface area contributed by atoms with E-state index < -0.39 is 47.9 Å². The van der Waals surface area contributed by atoms with Crippen molar-refractivity contribution < 1.29 is 46.2 Å². The van der Waals surface area contributed by atoms with Crippen LogP contribution in [0.4, 0.5) is 27.6 Å². The highest BCUT2D eigenvalue weighted by molar-refractivity contribution is 6.34. The molecule has 0 heterocycles. The smallest absolute Gasteiger partial charge is 0.402 e. The summed E-state index contributed by atoms with van der Waals surface area (Å²) in [7, 11) is 0. The average Bonchev–Trinajstić information content (AvgIpc) is 3.62. The van der Waals surface area contributed by atoms with Crippen molar-refractivity contribution in [3.05, 3.63) is 58.1 Å². The van der Waals surface area contributed by atoms with Gasteiger partial charge in [0.25, 0.3) is 18.2 Å². The number of alkyl halides is 5. The summed E-state index contributed by atoms with van der Waals surface area (Å²) in [6.07, 6.45) is -6.57. The van der Waals surface area contributed by atoms with Crippen LogP contribution >= 0.6 is 11.6 Å². The first-order chi connectivity index (χ1) is 18.5. The van der Waals surface area contributed by atoms with E-state index in [0.29, 0.717) is 12.8 Å². The lowest BCUT2D eigenvalue weighted by Gasteiger charge is -2.26. The van der Waals surface area contributed by atoms with Crippen LogP contribution in [0.1, 0.15) is 53.0 Å². The third kappa shape index (κ3) is 7.81. The standard InChI is InChI=1S/C26H27ClF5N3O5/c1-24(2,26(30,31)32)23(38)33-11-14-3-5-18(27)16(9-14)22(37)35-15-4-6-19(40-12-20(28)29)17(10-15)21(36)34-13-25(39)7-8-25/h3-6,9-10,20,39H,7-8,11-13H2,1-2H3,(H,33,38)(H,34,36)(H,35,37). The number of amides is 3. The lowest BCUT2D eigenvalue weighted by molar-refractivity contribution is -0.211. The number of carbonyl (C=O) groups excluding carboxylic acids is 3. The van der Waals surface area contributed by atoms with E-state index in [1.165, 1.54) is 36.4 Å². The Morgan fingerprint density at radius 2 is 1.70 bits per heavy atom. The number of ether oxygens (including phenoxy) is 1. The summed E-state index contributed by atoms with van der Waals surface area (Å²) < 4.78 is 69.7. The van der Waals surface area contributed by atoms with Gasteiger partial charge in [0, 0.05) is 18.8 Å². The number of rotatable bonds is 11. The van der Waals surface area contributed by atoms with Crippen LogP contribution in [0.5, 0.6) is 5.75 Å². The van der Waals surface area contributed by atoms with Gasteiger partial charge in [-0.25, -0.2) is 8.78 Å². The van der Waals surface area contributed by atoms with Crippen LogP contribution in [-0.2, 0) is 11.3 Å². The van der Waals surface area contributed by atoms with Gasteiger partial charge in [0.15, 0.2) is 0 Å². The summed E-state index contributed by atoms with van der Waals surface area (Å²) in [5.41, 5.74) is -3.54. The molecule has 8 nitrogen and oxygen atoms in total. The number of aliphatic hydroxyl groups is 1. The quantitative estimate of drug-likeness (QED) is 0.283. The van der Waals surface area contributed by atoms with Crippen LogP contribution < -0.4 is 20.7 Å². The van der Waals surface area contributed by atoms with Gasteiger partial charge < -0.3 is 25.8 Å². The van der Waals surface area contributed by atoms with Crippen molar-refractivity contribution in [1.82, 2.24) is 10.6 Å². The molecule has 0 aromatic heterocycles. The van der Waals surface area contributed by atoms with E-state index in [0.717, 1.165) is 13.8 Å². The predicted molar refractivity (Wildman–Crippen MR) is 136 cm³/mol. The molecule has 3 amide bonds. The lowest BCUT2D eigenvalue weighted by Crippen LogP contribution is -2.46. The van der Waals surface area contributed by atoms with Gasteiger partial charge >= 0.3 is 6.18 Å². The molecule has 0 radical (unpaired) electrons. The number of hydrogen-bond donors (Lipinski definition) is 4. The predicted octanol–water partition coefficient (Wildman–Crippen LogP) is 4.70. The highest BCUT2D eigenvalue weighted by atomic mass is 35.5. The maximum Gasteiger partial charge on any atom is 0.402 e. The van der Waals surface area contributed by atoms with Gasteiger partial charge in [-0.3, -0.25) is 14.4 Å². The third-order valence-corrected chi connectivity index (χ3v) is 6.59. The second kappa shape index (κ2) is 12.0. The Morgan fingerprint density at radius 1 is 1.02 bits per heavy atom. The van der Waals surface area contributed by atoms with Crippen molar-refractivity contribution in [3.8, 4) is 5.75 Å². The number of hydrogen-bond acceptors (Lipinski definition) is 5. The normalized spacial score (nSPS) is 14.4. The van der Waals surface area contributed by atoms with Crippen LogP contribution in [0.25, 0.3) is 0 Å². The van der Waals surface area contributed by atoms with Crippen molar-refractivity contribution in [1.29, 1.82) is 0 Å². The Kier molecular flexibility index (Phi) is 9.30. The van der Waals surface area contributed by atoms with E-state index in [4.69, 9.17) is 16.3 Å². The fourth-order valence-electron chi connectivity index (χ4n) is 3.31. The van der Waals surface area contributed by atoms with Gasteiger partial charge in [-0.1, -0.05) is 17.7 Å². The molecule has 1 fully saturated rings. The molecular formula is C26H27ClF5N3O5. The van der Waals surface area contributed by atoms with E-state index in [1.54, 1.807) is 0 Å². The van der Waals surface area contributed by atoms with Gasteiger partial charge in [0.1, 0.15) is 17.8 Å². The van der Waals surface area contributed by atoms with Crippen LogP contribution in [-0.4, -0.2) is 54.2 Å². The molecule has 0 aliphatic heterocycles. The van der Waals surface area contributed by atoms with Gasteiger partial charge in [0.2, 0.25) is 5.91 Å². The SMILES string of the molecule is CC(C)(C(=O)NCc1ccc(Cl)c(C(=O)Nc2ccc(OCC(F)F)c(C(=O)NCC3(O)CC3)c2)c1)C(F)(F)F. The minimum Gasteiger partial charge on any atom is -0.487 e. The summed E-state index contributed by atoms with van der Waals surface area (Å²) in [6.45, 7) is 0.137. The molecule has 0 spiro atoms. The van der Waals surface area contributed by atoms with Gasteiger partial charge in [-0.2, -0.15) is 13.2 Å². The molecule has 0 atom stereocenters. The van der Waals surface area contributed by atoms with Crippen LogP contribution in [0.15, 0.2) is 36.4 Å². The second-order valence-electron chi connectivity index (χ2n) is 9.89. The highest BCUT2D eigenvalue weighted by Crippen LogP contribution is 2.37. The Labute approximate surface area is 231 Å². The number of halogens is 6. The van der Waals surface area contributed by atoms with Crippen LogP contribution in [0, 0.1) is 5.41 Å². The molecular weight excluding hydrogens is 565 g/mol. The maximum absolute atomic E-state index is 13.1. The molecule has 1 aliphatic rings. The summed E-state index contributed by atoms with van der Waals surface area (Å²) in [5, 5.41) is 17.2. The summed E-state index contributed by atoms with van der Waals surface area (Å²) in [6, 6.07) is 7.75. The Bertz CT molecular complexity index is 1280. The Balaban J connectivity index is 1.76. The lowest BCUT2D eigenvalue weighted by atomic mass is 9.91. The zero-order valence-corrected chi connectivity index (χ0v) is 22.2. The average molecular weight is 592 g/mol. The fourth-order valence-corrected chi connectivity index (χ4v) is 3.52. The molecule has 1 saturated carbocycles. The molecule has 2 aromatic carbocycles. The largest absolute Gasteiger partial charge is 0.487 e. The van der Waals surface area contributed by atoms with E-state index in [9.17, 15) is 41.4 Å². The van der Waals surface area contributed by atoms with Crippen molar-refractivity contribution >= 4 is 35.0 Å². The fraction of sp³-hybridized carbons (Fsp3) is 0.423. The number of anilines is 1. The Morgan fingerprint density at radius 3 is 2.30 bits per heavy atom. The molecule has 0 unspecified atom stereocenters. The first kappa shape index (κ1) is 31.1. The molecule has 14 heteroatoms. The molecule has 4 N–H and O–H groups in total. The summed E-state index contributed by atoms with van der Waals surface area (Å²) in [5.74, 6) is -2.90. The minimum atomic E-state index is -4.77. The molecule has 40 heavy (non-hydrogen) atoms. The van der Waals surface area contributed by atoms with E-state index in [2.05, 4.69) is 16.0 Å². The molecule has 1 aliphatic carbocycles. The van der Waals surface area contributed by atoms with Gasteiger partial charge in [-0.05, 0) is 62.6 Å². The monoisotopic (exact) mass is 591 g/mol. The third-order valence-electron chi connectivity index (χ3n) is 6.26.